The number of benzene rings is 1. The van der Waals surface area contributed by atoms with Crippen molar-refractivity contribution in [3.8, 4) is 22.8 Å². The van der Waals surface area contributed by atoms with Crippen LogP contribution in [0.3, 0.4) is 0 Å². The van der Waals surface area contributed by atoms with Gasteiger partial charge < -0.3 is 14.5 Å². The fourth-order valence-corrected chi connectivity index (χ4v) is 1.95. The summed E-state index contributed by atoms with van der Waals surface area (Å²) in [7, 11) is 3.26. The Balaban J connectivity index is 2.58. The minimum atomic E-state index is 0.357. The zero-order valence-corrected chi connectivity index (χ0v) is 10.6. The fourth-order valence-electron chi connectivity index (χ4n) is 1.80. The van der Waals surface area contributed by atoms with Crippen LogP contribution >= 0.6 is 11.6 Å². The molecule has 0 unspecified atom stereocenters. The van der Waals surface area contributed by atoms with Gasteiger partial charge in [-0.05, 0) is 30.7 Å². The Morgan fingerprint density at radius 2 is 2.00 bits per heavy atom. The molecular weight excluding hydrogens is 240 g/mol. The van der Waals surface area contributed by atoms with Crippen LogP contribution in [0.25, 0.3) is 11.3 Å². The Morgan fingerprint density at radius 1 is 1.24 bits per heavy atom. The molecule has 0 aliphatic carbocycles. The molecule has 4 nitrogen and oxygen atoms in total. The summed E-state index contributed by atoms with van der Waals surface area (Å²) in [6.07, 6.45) is 1.67. The maximum absolute atomic E-state index is 5.77. The molecule has 90 valence electrons. The third kappa shape index (κ3) is 2.08. The Labute approximate surface area is 105 Å². The van der Waals surface area contributed by atoms with Crippen molar-refractivity contribution >= 4 is 11.6 Å². The van der Waals surface area contributed by atoms with E-state index in [-0.39, 0.29) is 0 Å². The molecule has 0 saturated carbocycles. The van der Waals surface area contributed by atoms with Crippen molar-refractivity contribution in [3.05, 3.63) is 29.2 Å². The van der Waals surface area contributed by atoms with E-state index in [4.69, 9.17) is 21.1 Å². The zero-order valence-electron chi connectivity index (χ0n) is 9.87. The topological polar surface area (TPSA) is 47.1 Å². The molecule has 0 radical (unpaired) electrons. The first-order valence-corrected chi connectivity index (χ1v) is 5.47. The predicted molar refractivity (Wildman–Crippen MR) is 66.9 cm³/mol. The molecule has 0 bridgehead atoms. The molecule has 0 saturated heterocycles. The predicted octanol–water partition coefficient (Wildman–Crippen LogP) is 3.06. The average molecular weight is 253 g/mol. The number of hydrogen-bond donors (Lipinski definition) is 1. The second kappa shape index (κ2) is 4.67. The monoisotopic (exact) mass is 252 g/mol. The second-order valence-electron chi connectivity index (χ2n) is 3.56. The number of imidazole rings is 1. The second-order valence-corrected chi connectivity index (χ2v) is 3.92. The van der Waals surface area contributed by atoms with Gasteiger partial charge in [-0.3, -0.25) is 0 Å². The number of hydrogen-bond acceptors (Lipinski definition) is 3. The molecular formula is C12H13ClN2O2. The third-order valence-corrected chi connectivity index (χ3v) is 2.81. The van der Waals surface area contributed by atoms with E-state index in [9.17, 15) is 0 Å². The van der Waals surface area contributed by atoms with Crippen molar-refractivity contribution in [2.75, 3.05) is 14.2 Å². The van der Waals surface area contributed by atoms with Gasteiger partial charge in [-0.25, -0.2) is 4.98 Å². The summed E-state index contributed by atoms with van der Waals surface area (Å²) < 4.78 is 10.7. The van der Waals surface area contributed by atoms with Gasteiger partial charge in [0.1, 0.15) is 11.5 Å². The van der Waals surface area contributed by atoms with Gasteiger partial charge in [0.25, 0.3) is 0 Å². The third-order valence-electron chi connectivity index (χ3n) is 2.62. The highest BCUT2D eigenvalue weighted by atomic mass is 35.5. The molecule has 2 aromatic rings. The summed E-state index contributed by atoms with van der Waals surface area (Å²) in [5.41, 5.74) is 2.67. The standard InChI is InChI=1S/C12H13ClN2O2/c1-7-10(16-2)5-4-8(11(7)17-3)9-6-14-12(13)15-9/h4-6H,1-3H3,(H,14,15). The molecule has 1 aromatic carbocycles. The van der Waals surface area contributed by atoms with Gasteiger partial charge in [0.15, 0.2) is 5.28 Å². The van der Waals surface area contributed by atoms with Crippen molar-refractivity contribution < 1.29 is 9.47 Å². The van der Waals surface area contributed by atoms with Crippen LogP contribution in [0.1, 0.15) is 5.56 Å². The van der Waals surface area contributed by atoms with Gasteiger partial charge in [0, 0.05) is 11.1 Å². The Morgan fingerprint density at radius 3 is 2.53 bits per heavy atom. The Hall–Kier alpha value is -1.68. The summed E-state index contributed by atoms with van der Waals surface area (Å²) in [5, 5.41) is 0.357. The molecule has 0 spiro atoms. The maximum Gasteiger partial charge on any atom is 0.200 e. The van der Waals surface area contributed by atoms with Crippen LogP contribution in [0, 0.1) is 6.92 Å². The molecule has 2 rings (SSSR count). The molecule has 1 aromatic heterocycles. The molecule has 0 atom stereocenters. The lowest BCUT2D eigenvalue weighted by molar-refractivity contribution is 0.390. The smallest absolute Gasteiger partial charge is 0.200 e. The van der Waals surface area contributed by atoms with Crippen molar-refractivity contribution in [2.24, 2.45) is 0 Å². The van der Waals surface area contributed by atoms with E-state index >= 15 is 0 Å². The molecule has 0 aliphatic heterocycles. The summed E-state index contributed by atoms with van der Waals surface area (Å²) in [5.74, 6) is 1.54. The number of nitrogens with zero attached hydrogens (tertiary/aromatic N) is 1. The van der Waals surface area contributed by atoms with Gasteiger partial charge in [-0.15, -0.1) is 0 Å². The van der Waals surface area contributed by atoms with Crippen LogP contribution in [0.5, 0.6) is 11.5 Å². The quantitative estimate of drug-likeness (QED) is 0.913. The first-order chi connectivity index (χ1) is 8.17. The van der Waals surface area contributed by atoms with Crippen LogP contribution in [0.2, 0.25) is 5.28 Å². The number of methoxy groups -OCH3 is 2. The van der Waals surface area contributed by atoms with E-state index in [1.807, 2.05) is 19.1 Å². The normalized spacial score (nSPS) is 10.4. The highest BCUT2D eigenvalue weighted by Crippen LogP contribution is 2.37. The summed E-state index contributed by atoms with van der Waals surface area (Å²) in [6, 6.07) is 3.80. The van der Waals surface area contributed by atoms with E-state index in [2.05, 4.69) is 9.97 Å². The van der Waals surface area contributed by atoms with Crippen molar-refractivity contribution in [1.29, 1.82) is 0 Å². The van der Waals surface area contributed by atoms with E-state index in [1.54, 1.807) is 20.4 Å². The minimum absolute atomic E-state index is 0.357. The van der Waals surface area contributed by atoms with Crippen molar-refractivity contribution in [1.82, 2.24) is 9.97 Å². The number of rotatable bonds is 3. The molecule has 1 heterocycles. The van der Waals surface area contributed by atoms with Gasteiger partial charge in [-0.1, -0.05) is 0 Å². The number of ether oxygens (including phenoxy) is 2. The lowest BCUT2D eigenvalue weighted by Crippen LogP contribution is -1.95. The highest BCUT2D eigenvalue weighted by Gasteiger charge is 2.14. The van der Waals surface area contributed by atoms with Gasteiger partial charge in [-0.2, -0.15) is 0 Å². The molecule has 5 heteroatoms. The molecule has 0 amide bonds. The Bertz CT molecular complexity index is 537. The van der Waals surface area contributed by atoms with Gasteiger partial charge in [0.2, 0.25) is 0 Å². The SMILES string of the molecule is COc1ccc(-c2cnc(Cl)[nH]2)c(OC)c1C. The van der Waals surface area contributed by atoms with E-state index in [0.717, 1.165) is 28.3 Å². The number of aromatic nitrogens is 2. The van der Waals surface area contributed by atoms with Crippen LogP contribution in [0.15, 0.2) is 18.3 Å². The highest BCUT2D eigenvalue weighted by molar-refractivity contribution is 6.28. The number of nitrogens with one attached hydrogen (secondary N) is 1. The van der Waals surface area contributed by atoms with E-state index in [0.29, 0.717) is 5.28 Å². The van der Waals surface area contributed by atoms with Crippen LogP contribution in [-0.2, 0) is 0 Å². The zero-order chi connectivity index (χ0) is 12.4. The molecule has 17 heavy (non-hydrogen) atoms. The lowest BCUT2D eigenvalue weighted by Gasteiger charge is -2.13. The van der Waals surface area contributed by atoms with Crippen LogP contribution < -0.4 is 9.47 Å². The molecule has 0 aliphatic rings. The minimum Gasteiger partial charge on any atom is -0.496 e. The van der Waals surface area contributed by atoms with Gasteiger partial charge in [0.05, 0.1) is 26.1 Å². The fraction of sp³-hybridized carbons (Fsp3) is 0.250. The summed E-state index contributed by atoms with van der Waals surface area (Å²) in [4.78, 5) is 6.93. The summed E-state index contributed by atoms with van der Waals surface area (Å²) in [6.45, 7) is 1.94. The largest absolute Gasteiger partial charge is 0.496 e. The first kappa shape index (κ1) is 11.8. The van der Waals surface area contributed by atoms with Crippen molar-refractivity contribution in [2.45, 2.75) is 6.92 Å². The Kier molecular flexibility index (Phi) is 3.24. The summed E-state index contributed by atoms with van der Waals surface area (Å²) >= 11 is 5.77. The number of H-pyrrole nitrogens is 1. The average Bonchev–Trinajstić information content (AvgIpc) is 2.75. The van der Waals surface area contributed by atoms with E-state index < -0.39 is 0 Å². The van der Waals surface area contributed by atoms with Crippen molar-refractivity contribution in [3.63, 3.8) is 0 Å². The lowest BCUT2D eigenvalue weighted by atomic mass is 10.1. The van der Waals surface area contributed by atoms with Crippen LogP contribution in [0.4, 0.5) is 0 Å². The first-order valence-electron chi connectivity index (χ1n) is 5.09. The molecule has 0 fully saturated rings. The number of aromatic amines is 1. The van der Waals surface area contributed by atoms with Gasteiger partial charge >= 0.3 is 0 Å². The van der Waals surface area contributed by atoms with E-state index in [1.165, 1.54) is 0 Å². The number of halogens is 1. The maximum atomic E-state index is 5.77. The molecule has 1 N–H and O–H groups in total. The van der Waals surface area contributed by atoms with Crippen LogP contribution in [-0.4, -0.2) is 24.2 Å².